The van der Waals surface area contributed by atoms with Gasteiger partial charge in [0.1, 0.15) is 5.60 Å². The molecular weight excluding hydrogens is 396 g/mol. The largest absolute Gasteiger partial charge is 0.444 e. The van der Waals surface area contributed by atoms with E-state index < -0.39 is 21.7 Å². The Hall–Kier alpha value is -1.12. The van der Waals surface area contributed by atoms with E-state index in [-0.39, 0.29) is 17.5 Å². The Morgan fingerprint density at radius 1 is 1.29 bits per heavy atom. The van der Waals surface area contributed by atoms with Gasteiger partial charge in [0.15, 0.2) is 0 Å². The van der Waals surface area contributed by atoms with Gasteiger partial charge >= 0.3 is 6.09 Å². The second-order valence-electron chi connectivity index (χ2n) is 6.85. The highest BCUT2D eigenvalue weighted by molar-refractivity contribution is 9.10. The Balaban J connectivity index is 2.12. The fourth-order valence-electron chi connectivity index (χ4n) is 2.55. The van der Waals surface area contributed by atoms with E-state index in [4.69, 9.17) is 4.74 Å². The maximum absolute atomic E-state index is 12.8. The summed E-state index contributed by atoms with van der Waals surface area (Å²) in [6.45, 7) is 8.09. The summed E-state index contributed by atoms with van der Waals surface area (Å²) in [5.74, 6) is 0. The van der Waals surface area contributed by atoms with Crippen LogP contribution in [0.5, 0.6) is 0 Å². The topological polar surface area (TPSA) is 66.9 Å². The molecule has 1 fully saturated rings. The number of ether oxygens (including phenoxy) is 1. The maximum Gasteiger partial charge on any atom is 0.410 e. The Kier molecular flexibility index (Phi) is 5.61. The molecule has 134 valence electrons. The molecule has 1 aromatic carbocycles. The first-order valence-electron chi connectivity index (χ1n) is 7.76. The lowest BCUT2D eigenvalue weighted by Gasteiger charge is -2.39. The van der Waals surface area contributed by atoms with E-state index in [9.17, 15) is 13.2 Å². The summed E-state index contributed by atoms with van der Waals surface area (Å²) >= 11 is 3.30. The number of hydrogen-bond acceptors (Lipinski definition) is 4. The van der Waals surface area contributed by atoms with Gasteiger partial charge in [-0.05, 0) is 45.9 Å². The molecule has 1 aliphatic heterocycles. The first-order valence-corrected chi connectivity index (χ1v) is 9.99. The summed E-state index contributed by atoms with van der Waals surface area (Å²) in [4.78, 5) is 14.0. The van der Waals surface area contributed by atoms with E-state index >= 15 is 0 Å². The van der Waals surface area contributed by atoms with Gasteiger partial charge in [0, 0.05) is 30.1 Å². The summed E-state index contributed by atoms with van der Waals surface area (Å²) in [5, 5.41) is 0. The van der Waals surface area contributed by atoms with E-state index in [1.807, 2.05) is 20.8 Å². The van der Waals surface area contributed by atoms with Crippen molar-refractivity contribution in [2.24, 2.45) is 0 Å². The van der Waals surface area contributed by atoms with Crippen LogP contribution in [-0.4, -0.2) is 55.0 Å². The van der Waals surface area contributed by atoms with Gasteiger partial charge in [0.2, 0.25) is 10.0 Å². The van der Waals surface area contributed by atoms with E-state index in [0.29, 0.717) is 17.6 Å². The minimum Gasteiger partial charge on any atom is -0.444 e. The first kappa shape index (κ1) is 19.2. The lowest BCUT2D eigenvalue weighted by Crippen LogP contribution is -2.55. The van der Waals surface area contributed by atoms with Crippen LogP contribution in [0, 0.1) is 0 Å². The molecule has 1 amide bonds. The van der Waals surface area contributed by atoms with E-state index in [0.717, 1.165) is 0 Å². The number of piperazine rings is 1. The van der Waals surface area contributed by atoms with Crippen LogP contribution in [-0.2, 0) is 14.8 Å². The van der Waals surface area contributed by atoms with Gasteiger partial charge in [0.05, 0.1) is 4.90 Å². The van der Waals surface area contributed by atoms with Crippen molar-refractivity contribution in [1.82, 2.24) is 9.21 Å². The van der Waals surface area contributed by atoms with Crippen molar-refractivity contribution in [1.29, 1.82) is 0 Å². The molecule has 2 rings (SSSR count). The highest BCUT2D eigenvalue weighted by atomic mass is 79.9. The second-order valence-corrected chi connectivity index (χ2v) is 9.65. The molecule has 0 radical (unpaired) electrons. The number of carbonyl (C=O) groups is 1. The third kappa shape index (κ3) is 4.49. The van der Waals surface area contributed by atoms with E-state index in [1.54, 1.807) is 36.1 Å². The normalized spacial score (nSPS) is 20.0. The van der Waals surface area contributed by atoms with Crippen molar-refractivity contribution in [3.05, 3.63) is 28.7 Å². The maximum atomic E-state index is 12.8. The van der Waals surface area contributed by atoms with Gasteiger partial charge in [-0.15, -0.1) is 0 Å². The average Bonchev–Trinajstić information content (AvgIpc) is 2.45. The van der Waals surface area contributed by atoms with Crippen LogP contribution in [0.2, 0.25) is 0 Å². The Morgan fingerprint density at radius 2 is 1.96 bits per heavy atom. The molecule has 0 bridgehead atoms. The standard InChI is InChI=1S/C16H23BrN2O4S/c1-12-11-18(15(20)23-16(2,3)4)8-9-19(12)24(21,22)14-7-5-6-13(17)10-14/h5-7,10,12H,8-9,11H2,1-4H3. The first-order chi connectivity index (χ1) is 11.0. The van der Waals surface area contributed by atoms with Crippen LogP contribution in [0.15, 0.2) is 33.6 Å². The summed E-state index contributed by atoms with van der Waals surface area (Å²) in [7, 11) is -3.59. The molecule has 1 saturated heterocycles. The number of nitrogens with zero attached hydrogens (tertiary/aromatic N) is 2. The fourth-order valence-corrected chi connectivity index (χ4v) is 4.76. The molecule has 1 aromatic rings. The summed E-state index contributed by atoms with van der Waals surface area (Å²) in [5.41, 5.74) is -0.570. The molecule has 24 heavy (non-hydrogen) atoms. The number of carbonyl (C=O) groups excluding carboxylic acids is 1. The third-order valence-electron chi connectivity index (χ3n) is 3.62. The number of halogens is 1. The Bertz CT molecular complexity index is 715. The number of sulfonamides is 1. The predicted octanol–water partition coefficient (Wildman–Crippen LogP) is 3.08. The van der Waals surface area contributed by atoms with Gasteiger partial charge in [-0.3, -0.25) is 0 Å². The van der Waals surface area contributed by atoms with Crippen LogP contribution in [0.25, 0.3) is 0 Å². The molecule has 6 nitrogen and oxygen atoms in total. The van der Waals surface area contributed by atoms with Crippen LogP contribution < -0.4 is 0 Å². The molecular formula is C16H23BrN2O4S. The van der Waals surface area contributed by atoms with Crippen molar-refractivity contribution >= 4 is 32.0 Å². The molecule has 0 spiro atoms. The Morgan fingerprint density at radius 3 is 2.50 bits per heavy atom. The zero-order valence-electron chi connectivity index (χ0n) is 14.3. The van der Waals surface area contributed by atoms with E-state index in [1.165, 1.54) is 4.31 Å². The zero-order chi connectivity index (χ0) is 18.1. The molecule has 0 aromatic heterocycles. The fraction of sp³-hybridized carbons (Fsp3) is 0.562. The van der Waals surface area contributed by atoms with Crippen LogP contribution in [0.3, 0.4) is 0 Å². The number of rotatable bonds is 2. The lowest BCUT2D eigenvalue weighted by atomic mass is 10.2. The quantitative estimate of drug-likeness (QED) is 0.739. The van der Waals surface area contributed by atoms with Gasteiger partial charge < -0.3 is 9.64 Å². The predicted molar refractivity (Wildman–Crippen MR) is 95.3 cm³/mol. The SMILES string of the molecule is CC1CN(C(=O)OC(C)(C)C)CCN1S(=O)(=O)c1cccc(Br)c1. The lowest BCUT2D eigenvalue weighted by molar-refractivity contribution is 0.0143. The van der Waals surface area contributed by atoms with Gasteiger partial charge in [-0.25, -0.2) is 13.2 Å². The molecule has 0 saturated carbocycles. The molecule has 0 N–H and O–H groups in total. The van der Waals surface area contributed by atoms with E-state index in [2.05, 4.69) is 15.9 Å². The van der Waals surface area contributed by atoms with Gasteiger partial charge in [-0.2, -0.15) is 4.31 Å². The third-order valence-corrected chi connectivity index (χ3v) is 6.12. The minimum atomic E-state index is -3.59. The monoisotopic (exact) mass is 418 g/mol. The van der Waals surface area contributed by atoms with Crippen LogP contribution in [0.1, 0.15) is 27.7 Å². The van der Waals surface area contributed by atoms with Crippen LogP contribution >= 0.6 is 15.9 Å². The molecule has 1 unspecified atom stereocenters. The molecule has 1 heterocycles. The smallest absolute Gasteiger partial charge is 0.410 e. The summed E-state index contributed by atoms with van der Waals surface area (Å²) < 4.78 is 33.2. The molecule has 0 aliphatic carbocycles. The highest BCUT2D eigenvalue weighted by Gasteiger charge is 2.36. The van der Waals surface area contributed by atoms with Crippen molar-refractivity contribution in [2.45, 2.75) is 44.2 Å². The average molecular weight is 419 g/mol. The Labute approximate surface area is 151 Å². The van der Waals surface area contributed by atoms with Gasteiger partial charge in [-0.1, -0.05) is 22.0 Å². The second kappa shape index (κ2) is 7.01. The zero-order valence-corrected chi connectivity index (χ0v) is 16.7. The molecule has 8 heteroatoms. The van der Waals surface area contributed by atoms with Crippen molar-refractivity contribution in [2.75, 3.05) is 19.6 Å². The number of benzene rings is 1. The van der Waals surface area contributed by atoms with Crippen molar-refractivity contribution < 1.29 is 17.9 Å². The van der Waals surface area contributed by atoms with Crippen molar-refractivity contribution in [3.63, 3.8) is 0 Å². The summed E-state index contributed by atoms with van der Waals surface area (Å²) in [6, 6.07) is 6.31. The minimum absolute atomic E-state index is 0.245. The molecule has 1 aliphatic rings. The number of hydrogen-bond donors (Lipinski definition) is 0. The summed E-state index contributed by atoms with van der Waals surface area (Å²) in [6.07, 6.45) is -0.408. The highest BCUT2D eigenvalue weighted by Crippen LogP contribution is 2.24. The number of amides is 1. The van der Waals surface area contributed by atoms with Crippen LogP contribution in [0.4, 0.5) is 4.79 Å². The van der Waals surface area contributed by atoms with Gasteiger partial charge in [0.25, 0.3) is 0 Å². The van der Waals surface area contributed by atoms with Crippen molar-refractivity contribution in [3.8, 4) is 0 Å². The molecule has 1 atom stereocenters.